The Morgan fingerprint density at radius 2 is 0.923 bits per heavy atom. The number of benzene rings is 8. The molecule has 1 heterocycles. The molecule has 0 saturated heterocycles. The lowest BCUT2D eigenvalue weighted by Gasteiger charge is -2.48. The average molecular weight is 668 g/mol. The second-order valence-corrected chi connectivity index (χ2v) is 15.2. The number of aromatic nitrogens is 3. The van der Waals surface area contributed by atoms with Gasteiger partial charge in [0.1, 0.15) is 0 Å². The maximum atomic E-state index is 5.29. The van der Waals surface area contributed by atoms with Crippen molar-refractivity contribution < 1.29 is 0 Å². The summed E-state index contributed by atoms with van der Waals surface area (Å²) >= 11 is 0. The maximum Gasteiger partial charge on any atom is 0.164 e. The molecule has 0 bridgehead atoms. The minimum atomic E-state index is -0.129. The van der Waals surface area contributed by atoms with Crippen molar-refractivity contribution in [2.45, 2.75) is 38.5 Å². The normalized spacial score (nSPS) is 14.5. The molecule has 248 valence electrons. The van der Waals surface area contributed by atoms with E-state index in [9.17, 15) is 0 Å². The first-order chi connectivity index (χ1) is 25.3. The van der Waals surface area contributed by atoms with E-state index >= 15 is 0 Å². The Morgan fingerprint density at radius 3 is 1.77 bits per heavy atom. The summed E-state index contributed by atoms with van der Waals surface area (Å²) in [4.78, 5) is 15.6. The Hall–Kier alpha value is -6.19. The van der Waals surface area contributed by atoms with Crippen LogP contribution < -0.4 is 0 Å². The zero-order chi connectivity index (χ0) is 35.2. The summed E-state index contributed by atoms with van der Waals surface area (Å²) in [5.74, 6) is 2.01. The zero-order valence-electron chi connectivity index (χ0n) is 29.8. The molecule has 0 amide bonds. The molecule has 0 atom stereocenters. The lowest BCUT2D eigenvalue weighted by molar-refractivity contribution is 0.299. The van der Waals surface area contributed by atoms with Gasteiger partial charge in [-0.2, -0.15) is 0 Å². The molecule has 9 aromatic rings. The largest absolute Gasteiger partial charge is 0.208 e. The standard InChI is InChI=1S/C49H37N3/c1-48(2)42-20-11-10-17-37(42)38-27-24-33(29-43(38)49(48,3)4)46-50-45(32-14-6-5-7-15-32)51-47(52-46)41-19-12-18-39-36(41)26-23-31-22-25-35-34-16-9-8-13-30(34)21-28-40(35)44(31)39/h5-29H,1-4H3. The van der Waals surface area contributed by atoms with Crippen molar-refractivity contribution in [3.8, 4) is 45.3 Å². The molecule has 0 N–H and O–H groups in total. The predicted octanol–water partition coefficient (Wildman–Crippen LogP) is 12.7. The van der Waals surface area contributed by atoms with Gasteiger partial charge >= 0.3 is 0 Å². The second kappa shape index (κ2) is 11.2. The summed E-state index contributed by atoms with van der Waals surface area (Å²) in [5.41, 5.74) is 8.03. The fourth-order valence-corrected chi connectivity index (χ4v) is 8.59. The summed E-state index contributed by atoms with van der Waals surface area (Å²) in [6.07, 6.45) is 0. The first kappa shape index (κ1) is 30.6. The van der Waals surface area contributed by atoms with Gasteiger partial charge in [0.05, 0.1) is 0 Å². The van der Waals surface area contributed by atoms with Crippen LogP contribution >= 0.6 is 0 Å². The molecule has 3 heteroatoms. The van der Waals surface area contributed by atoms with Gasteiger partial charge in [-0.15, -0.1) is 0 Å². The van der Waals surface area contributed by atoms with E-state index in [1.807, 2.05) is 18.2 Å². The number of rotatable bonds is 3. The van der Waals surface area contributed by atoms with E-state index < -0.39 is 0 Å². The third-order valence-corrected chi connectivity index (χ3v) is 12.1. The van der Waals surface area contributed by atoms with Crippen molar-refractivity contribution in [3.63, 3.8) is 0 Å². The van der Waals surface area contributed by atoms with Crippen LogP contribution in [-0.2, 0) is 10.8 Å². The Bertz CT molecular complexity index is 2900. The number of nitrogens with zero attached hydrogens (tertiary/aromatic N) is 3. The lowest BCUT2D eigenvalue weighted by Crippen LogP contribution is -2.43. The lowest BCUT2D eigenvalue weighted by atomic mass is 9.55. The van der Waals surface area contributed by atoms with E-state index in [1.165, 1.54) is 60.0 Å². The molecule has 8 aromatic carbocycles. The smallest absolute Gasteiger partial charge is 0.164 e. The van der Waals surface area contributed by atoms with Crippen LogP contribution in [0.4, 0.5) is 0 Å². The Kier molecular flexibility index (Phi) is 6.57. The Morgan fingerprint density at radius 1 is 0.346 bits per heavy atom. The molecule has 0 radical (unpaired) electrons. The van der Waals surface area contributed by atoms with Crippen molar-refractivity contribution in [3.05, 3.63) is 163 Å². The van der Waals surface area contributed by atoms with Gasteiger partial charge < -0.3 is 0 Å². The van der Waals surface area contributed by atoms with E-state index in [0.717, 1.165) is 22.1 Å². The minimum absolute atomic E-state index is 0.0726. The second-order valence-electron chi connectivity index (χ2n) is 15.2. The number of hydrogen-bond acceptors (Lipinski definition) is 3. The highest BCUT2D eigenvalue weighted by molar-refractivity contribution is 6.25. The summed E-state index contributed by atoms with van der Waals surface area (Å²) in [7, 11) is 0. The molecule has 10 rings (SSSR count). The van der Waals surface area contributed by atoms with Crippen LogP contribution in [0.5, 0.6) is 0 Å². The first-order valence-electron chi connectivity index (χ1n) is 18.1. The van der Waals surface area contributed by atoms with E-state index in [0.29, 0.717) is 17.5 Å². The quantitative estimate of drug-likeness (QED) is 0.176. The van der Waals surface area contributed by atoms with Crippen molar-refractivity contribution in [1.82, 2.24) is 15.0 Å². The van der Waals surface area contributed by atoms with Gasteiger partial charge in [0.25, 0.3) is 0 Å². The minimum Gasteiger partial charge on any atom is -0.208 e. The van der Waals surface area contributed by atoms with Gasteiger partial charge in [-0.25, -0.2) is 15.0 Å². The highest BCUT2D eigenvalue weighted by Gasteiger charge is 2.45. The van der Waals surface area contributed by atoms with E-state index in [2.05, 4.69) is 161 Å². The molecule has 0 spiro atoms. The molecule has 52 heavy (non-hydrogen) atoms. The average Bonchev–Trinajstić information content (AvgIpc) is 3.19. The van der Waals surface area contributed by atoms with Gasteiger partial charge in [-0.3, -0.25) is 0 Å². The highest BCUT2D eigenvalue weighted by Crippen LogP contribution is 2.54. The van der Waals surface area contributed by atoms with Crippen LogP contribution in [0.25, 0.3) is 88.4 Å². The van der Waals surface area contributed by atoms with E-state index in [-0.39, 0.29) is 10.8 Å². The molecular formula is C49H37N3. The number of fused-ring (bicyclic) bond motifs is 10. The monoisotopic (exact) mass is 667 g/mol. The Balaban J connectivity index is 1.21. The van der Waals surface area contributed by atoms with Crippen LogP contribution in [0.1, 0.15) is 38.8 Å². The van der Waals surface area contributed by atoms with Gasteiger partial charge in [0, 0.05) is 16.7 Å². The van der Waals surface area contributed by atoms with Crippen LogP contribution in [0.15, 0.2) is 152 Å². The van der Waals surface area contributed by atoms with E-state index in [1.54, 1.807) is 0 Å². The summed E-state index contributed by atoms with van der Waals surface area (Å²) < 4.78 is 0. The van der Waals surface area contributed by atoms with Crippen molar-refractivity contribution in [2.24, 2.45) is 0 Å². The molecular weight excluding hydrogens is 631 g/mol. The van der Waals surface area contributed by atoms with Crippen LogP contribution in [-0.4, -0.2) is 15.0 Å². The molecule has 0 unspecified atom stereocenters. The van der Waals surface area contributed by atoms with Crippen molar-refractivity contribution >= 4 is 43.1 Å². The highest BCUT2D eigenvalue weighted by atomic mass is 15.0. The molecule has 0 aliphatic heterocycles. The Labute approximate surface area is 303 Å². The molecule has 1 aliphatic rings. The molecule has 1 aromatic heterocycles. The van der Waals surface area contributed by atoms with Crippen molar-refractivity contribution in [1.29, 1.82) is 0 Å². The summed E-state index contributed by atoms with van der Waals surface area (Å²) in [5, 5.41) is 9.81. The molecule has 0 saturated carbocycles. The first-order valence-corrected chi connectivity index (χ1v) is 18.1. The third kappa shape index (κ3) is 4.42. The predicted molar refractivity (Wildman–Crippen MR) is 218 cm³/mol. The molecule has 1 aliphatic carbocycles. The fourth-order valence-electron chi connectivity index (χ4n) is 8.59. The fraction of sp³-hybridized carbons (Fsp3) is 0.122. The SMILES string of the molecule is CC1(C)c2ccccc2-c2ccc(-c3nc(-c4ccccc4)nc(-c4cccc5c4ccc4ccc6c7ccccc7ccc6c45)n3)cc2C1(C)C. The summed E-state index contributed by atoms with van der Waals surface area (Å²) in [6.45, 7) is 9.47. The van der Waals surface area contributed by atoms with Crippen LogP contribution in [0.3, 0.4) is 0 Å². The summed E-state index contributed by atoms with van der Waals surface area (Å²) in [6, 6.07) is 54.6. The topological polar surface area (TPSA) is 38.7 Å². The number of hydrogen-bond donors (Lipinski definition) is 0. The van der Waals surface area contributed by atoms with Crippen molar-refractivity contribution in [2.75, 3.05) is 0 Å². The van der Waals surface area contributed by atoms with E-state index in [4.69, 9.17) is 15.0 Å². The third-order valence-electron chi connectivity index (χ3n) is 12.1. The molecule has 3 nitrogen and oxygen atoms in total. The maximum absolute atomic E-state index is 5.29. The van der Waals surface area contributed by atoms with Crippen LogP contribution in [0, 0.1) is 0 Å². The zero-order valence-corrected chi connectivity index (χ0v) is 29.8. The van der Waals surface area contributed by atoms with Gasteiger partial charge in [0.15, 0.2) is 17.5 Å². The van der Waals surface area contributed by atoms with Gasteiger partial charge in [-0.05, 0) is 82.2 Å². The van der Waals surface area contributed by atoms with Crippen LogP contribution in [0.2, 0.25) is 0 Å². The van der Waals surface area contributed by atoms with Gasteiger partial charge in [0.2, 0.25) is 0 Å². The van der Waals surface area contributed by atoms with Gasteiger partial charge in [-0.1, -0.05) is 173 Å². The molecule has 0 fully saturated rings.